The molecule has 29 heavy (non-hydrogen) atoms. The molecule has 0 radical (unpaired) electrons. The Morgan fingerprint density at radius 3 is 2.86 bits per heavy atom. The van der Waals surface area contributed by atoms with E-state index in [-0.39, 0.29) is 6.09 Å². The predicted molar refractivity (Wildman–Crippen MR) is 118 cm³/mol. The summed E-state index contributed by atoms with van der Waals surface area (Å²) in [7, 11) is 0. The van der Waals surface area contributed by atoms with Crippen LogP contribution in [0.1, 0.15) is 88.2 Å². The highest BCUT2D eigenvalue weighted by Gasteiger charge is 2.39. The van der Waals surface area contributed by atoms with Gasteiger partial charge in [-0.15, -0.1) is 0 Å². The molecule has 1 aliphatic heterocycles. The van der Waals surface area contributed by atoms with Gasteiger partial charge in [0.2, 0.25) is 0 Å². The minimum Gasteiger partial charge on any atom is -0.410 e. The molecule has 1 saturated carbocycles. The van der Waals surface area contributed by atoms with E-state index in [0.29, 0.717) is 18.5 Å². The maximum atomic E-state index is 12.1. The zero-order valence-electron chi connectivity index (χ0n) is 18.1. The zero-order valence-corrected chi connectivity index (χ0v) is 18.1. The van der Waals surface area contributed by atoms with E-state index in [1.54, 1.807) is 0 Å². The van der Waals surface area contributed by atoms with Gasteiger partial charge < -0.3 is 10.1 Å². The Hall–Kier alpha value is -1.55. The molecule has 1 aromatic carbocycles. The highest BCUT2D eigenvalue weighted by molar-refractivity contribution is 5.71. The van der Waals surface area contributed by atoms with Gasteiger partial charge in [0.15, 0.2) is 0 Å². The molecule has 4 rings (SSSR count). The molecular weight excluding hydrogens is 360 g/mol. The molecule has 1 N–H and O–H groups in total. The number of amides is 1. The van der Waals surface area contributed by atoms with Gasteiger partial charge in [-0.1, -0.05) is 57.6 Å². The van der Waals surface area contributed by atoms with Crippen molar-refractivity contribution in [2.45, 2.75) is 89.5 Å². The topological polar surface area (TPSA) is 41.6 Å². The summed E-state index contributed by atoms with van der Waals surface area (Å²) in [6.07, 6.45) is 13.8. The highest BCUT2D eigenvalue weighted by Crippen LogP contribution is 2.44. The van der Waals surface area contributed by atoms with Crippen LogP contribution in [0.2, 0.25) is 0 Å². The number of nitrogens with one attached hydrogen (secondary N) is 1. The number of hydrogen-bond acceptors (Lipinski definition) is 3. The fraction of sp³-hybridized carbons (Fsp3) is 0.720. The van der Waals surface area contributed by atoms with E-state index in [4.69, 9.17) is 4.74 Å². The van der Waals surface area contributed by atoms with Crippen LogP contribution in [0.3, 0.4) is 0 Å². The summed E-state index contributed by atoms with van der Waals surface area (Å²) in [5.41, 5.74) is 2.70. The van der Waals surface area contributed by atoms with Crippen LogP contribution in [-0.4, -0.2) is 36.7 Å². The monoisotopic (exact) mass is 398 g/mol. The van der Waals surface area contributed by atoms with Crippen LogP contribution in [0.15, 0.2) is 18.2 Å². The van der Waals surface area contributed by atoms with Crippen molar-refractivity contribution in [3.8, 4) is 5.75 Å². The van der Waals surface area contributed by atoms with Crippen molar-refractivity contribution in [1.82, 2.24) is 10.2 Å². The minimum absolute atomic E-state index is 0.311. The van der Waals surface area contributed by atoms with Gasteiger partial charge >= 0.3 is 6.09 Å². The van der Waals surface area contributed by atoms with Gasteiger partial charge in [0.05, 0.1) is 0 Å². The molecule has 3 aliphatic rings. The molecule has 1 heterocycles. The van der Waals surface area contributed by atoms with Crippen LogP contribution >= 0.6 is 0 Å². The molecule has 2 atom stereocenters. The van der Waals surface area contributed by atoms with Crippen molar-refractivity contribution in [2.24, 2.45) is 5.92 Å². The lowest BCUT2D eigenvalue weighted by atomic mass is 9.79. The number of ether oxygens (including phenoxy) is 1. The Morgan fingerprint density at radius 1 is 1.17 bits per heavy atom. The van der Waals surface area contributed by atoms with Gasteiger partial charge in [-0.05, 0) is 68.3 Å². The summed E-state index contributed by atoms with van der Waals surface area (Å²) in [5, 5.41) is 2.87. The van der Waals surface area contributed by atoms with Crippen molar-refractivity contribution >= 4 is 6.09 Å². The standard InChI is InChI=1S/C25H38N2O2/c1-2-3-16-26-25(28)29-24-11-7-10-20-21-15-18-27(23(21)13-12-22(20)24)17-14-19-8-5-4-6-9-19/h7,10-11,19,21,23H,2-6,8-9,12-18H2,1H3,(H,26,28)/t21-,23+/m0/s1. The maximum Gasteiger partial charge on any atom is 0.412 e. The fourth-order valence-electron chi connectivity index (χ4n) is 5.85. The third-order valence-corrected chi connectivity index (χ3v) is 7.47. The fourth-order valence-corrected chi connectivity index (χ4v) is 5.85. The molecule has 0 bridgehead atoms. The summed E-state index contributed by atoms with van der Waals surface area (Å²) in [6, 6.07) is 6.99. The number of likely N-dealkylation sites (tertiary alicyclic amines) is 1. The van der Waals surface area contributed by atoms with Crippen LogP contribution in [0.5, 0.6) is 5.75 Å². The SMILES string of the molecule is CCCCNC(=O)Oc1cccc2c1CC[C@@H]1[C@H]2CCN1CCC1CCCCC1. The van der Waals surface area contributed by atoms with Gasteiger partial charge in [-0.25, -0.2) is 4.79 Å². The van der Waals surface area contributed by atoms with Crippen LogP contribution < -0.4 is 10.1 Å². The van der Waals surface area contributed by atoms with E-state index < -0.39 is 0 Å². The summed E-state index contributed by atoms with van der Waals surface area (Å²) >= 11 is 0. The van der Waals surface area contributed by atoms with Crippen LogP contribution in [0.4, 0.5) is 4.79 Å². The Balaban J connectivity index is 1.37. The lowest BCUT2D eigenvalue weighted by molar-refractivity contribution is 0.194. The quantitative estimate of drug-likeness (QED) is 0.604. The van der Waals surface area contributed by atoms with E-state index in [9.17, 15) is 4.79 Å². The Bertz CT molecular complexity index is 683. The first-order valence-corrected chi connectivity index (χ1v) is 12.1. The van der Waals surface area contributed by atoms with Crippen molar-refractivity contribution in [3.05, 3.63) is 29.3 Å². The smallest absolute Gasteiger partial charge is 0.410 e. The first-order chi connectivity index (χ1) is 14.3. The normalized spacial score (nSPS) is 24.7. The Labute approximate surface area is 176 Å². The average Bonchev–Trinajstić information content (AvgIpc) is 3.17. The van der Waals surface area contributed by atoms with Crippen molar-refractivity contribution < 1.29 is 9.53 Å². The number of hydrogen-bond donors (Lipinski definition) is 1. The Kier molecular flexibility index (Phi) is 7.12. The van der Waals surface area contributed by atoms with Crippen LogP contribution in [0.25, 0.3) is 0 Å². The minimum atomic E-state index is -0.311. The average molecular weight is 399 g/mol. The molecule has 160 valence electrons. The molecule has 1 aromatic rings. The molecule has 0 spiro atoms. The largest absolute Gasteiger partial charge is 0.412 e. The summed E-state index contributed by atoms with van der Waals surface area (Å²) in [5.74, 6) is 2.34. The first kappa shape index (κ1) is 20.7. The molecule has 4 heteroatoms. The number of fused-ring (bicyclic) bond motifs is 3. The lowest BCUT2D eigenvalue weighted by Crippen LogP contribution is -2.36. The summed E-state index contributed by atoms with van der Waals surface area (Å²) in [6.45, 7) is 5.31. The van der Waals surface area contributed by atoms with E-state index in [2.05, 4.69) is 29.3 Å². The second-order valence-corrected chi connectivity index (χ2v) is 9.32. The molecule has 1 amide bonds. The molecular formula is C25H38N2O2. The van der Waals surface area contributed by atoms with Gasteiger partial charge in [-0.2, -0.15) is 0 Å². The van der Waals surface area contributed by atoms with Gasteiger partial charge in [0.1, 0.15) is 5.75 Å². The van der Waals surface area contributed by atoms with E-state index in [1.807, 2.05) is 6.07 Å². The highest BCUT2D eigenvalue weighted by atomic mass is 16.6. The molecule has 0 unspecified atom stereocenters. The second-order valence-electron chi connectivity index (χ2n) is 9.32. The predicted octanol–water partition coefficient (Wildman–Crippen LogP) is 5.65. The molecule has 4 nitrogen and oxygen atoms in total. The Morgan fingerprint density at radius 2 is 2.03 bits per heavy atom. The third-order valence-electron chi connectivity index (χ3n) is 7.47. The lowest BCUT2D eigenvalue weighted by Gasteiger charge is -2.35. The number of rotatable bonds is 7. The van der Waals surface area contributed by atoms with Gasteiger partial charge in [0.25, 0.3) is 0 Å². The van der Waals surface area contributed by atoms with Gasteiger partial charge in [0, 0.05) is 18.5 Å². The number of unbranched alkanes of at least 4 members (excludes halogenated alkanes) is 1. The van der Waals surface area contributed by atoms with E-state index >= 15 is 0 Å². The van der Waals surface area contributed by atoms with E-state index in [0.717, 1.165) is 30.9 Å². The van der Waals surface area contributed by atoms with Crippen LogP contribution in [0, 0.1) is 5.92 Å². The number of benzene rings is 1. The maximum absolute atomic E-state index is 12.1. The molecule has 2 aliphatic carbocycles. The third kappa shape index (κ3) is 4.96. The number of carbonyl (C=O) groups excluding carboxylic acids is 1. The number of carbonyl (C=O) groups is 1. The summed E-state index contributed by atoms with van der Waals surface area (Å²) in [4.78, 5) is 14.9. The van der Waals surface area contributed by atoms with Crippen molar-refractivity contribution in [1.29, 1.82) is 0 Å². The number of nitrogens with zero attached hydrogens (tertiary/aromatic N) is 1. The first-order valence-electron chi connectivity index (χ1n) is 12.1. The van der Waals surface area contributed by atoms with Crippen LogP contribution in [-0.2, 0) is 6.42 Å². The molecule has 2 fully saturated rings. The van der Waals surface area contributed by atoms with Crippen molar-refractivity contribution in [2.75, 3.05) is 19.6 Å². The summed E-state index contributed by atoms with van der Waals surface area (Å²) < 4.78 is 5.70. The second kappa shape index (κ2) is 9.97. The zero-order chi connectivity index (χ0) is 20.1. The molecule has 1 saturated heterocycles. The van der Waals surface area contributed by atoms with Crippen molar-refractivity contribution in [3.63, 3.8) is 0 Å². The van der Waals surface area contributed by atoms with E-state index in [1.165, 1.54) is 75.6 Å². The van der Waals surface area contributed by atoms with Gasteiger partial charge in [-0.3, -0.25) is 4.90 Å². The molecule has 0 aromatic heterocycles.